The van der Waals surface area contributed by atoms with E-state index in [1.54, 1.807) is 6.07 Å². The van der Waals surface area contributed by atoms with E-state index in [1.165, 1.54) is 19.2 Å². The Kier molecular flexibility index (Phi) is 15.1. The van der Waals surface area contributed by atoms with Gasteiger partial charge >= 0.3 is 24.4 Å². The maximum atomic E-state index is 12.3. The smallest absolute Gasteiger partial charge is 0.468 e. The molecular weight excluding hydrogens is 478 g/mol. The second-order valence-corrected chi connectivity index (χ2v) is 7.36. The summed E-state index contributed by atoms with van der Waals surface area (Å²) in [7, 11) is 1.24. The Bertz CT molecular complexity index is 843. The number of hydrogen-bond donors (Lipinski definition) is 1. The fourth-order valence-corrected chi connectivity index (χ4v) is 2.66. The molecule has 1 N–H and O–H groups in total. The predicted molar refractivity (Wildman–Crippen MR) is 126 cm³/mol. The van der Waals surface area contributed by atoms with Gasteiger partial charge in [-0.25, -0.2) is 14.4 Å². The predicted octanol–water partition coefficient (Wildman–Crippen LogP) is 3.77. The number of benzene rings is 1. The normalized spacial score (nSPS) is 11.1. The number of nitrogens with one attached hydrogen (secondary N) is 1. The number of carbonyl (C=O) groups is 4. The van der Waals surface area contributed by atoms with E-state index in [0.29, 0.717) is 24.8 Å². The molecule has 0 heterocycles. The standard InChI is InChI=1S/C24H35NO11/c1-5-11-31-22(27)34-14-10-25-18(21(26)30-4)15-17-8-9-19(35-23(28)32-12-6-2)20(16-17)36-24(29)33-13-7-3/h8-9,16,18,25H,5-7,10-15H2,1-4H3/t18-/m0/s1. The van der Waals surface area contributed by atoms with Crippen LogP contribution >= 0.6 is 0 Å². The Hall–Kier alpha value is -3.54. The fraction of sp³-hybridized carbons (Fsp3) is 0.583. The lowest BCUT2D eigenvalue weighted by atomic mass is 10.1. The van der Waals surface area contributed by atoms with Gasteiger partial charge in [-0.2, -0.15) is 0 Å². The van der Waals surface area contributed by atoms with Gasteiger partial charge in [-0.05, 0) is 43.4 Å². The van der Waals surface area contributed by atoms with Crippen LogP contribution in [0.15, 0.2) is 18.2 Å². The largest absolute Gasteiger partial charge is 0.513 e. The number of ether oxygens (including phenoxy) is 7. The number of methoxy groups -OCH3 is 1. The quantitative estimate of drug-likeness (QED) is 0.158. The molecule has 1 rings (SSSR count). The van der Waals surface area contributed by atoms with E-state index in [4.69, 9.17) is 33.2 Å². The van der Waals surface area contributed by atoms with Crippen molar-refractivity contribution in [1.82, 2.24) is 5.32 Å². The fourth-order valence-electron chi connectivity index (χ4n) is 2.66. The summed E-state index contributed by atoms with van der Waals surface area (Å²) in [6.45, 7) is 6.20. The first-order valence-electron chi connectivity index (χ1n) is 11.8. The lowest BCUT2D eigenvalue weighted by Gasteiger charge is -2.18. The number of carbonyl (C=O) groups excluding carboxylic acids is 4. The van der Waals surface area contributed by atoms with Crippen molar-refractivity contribution in [2.24, 2.45) is 0 Å². The Labute approximate surface area is 210 Å². The van der Waals surface area contributed by atoms with Crippen molar-refractivity contribution in [1.29, 1.82) is 0 Å². The molecule has 1 atom stereocenters. The molecular formula is C24H35NO11. The van der Waals surface area contributed by atoms with E-state index in [-0.39, 0.29) is 50.9 Å². The zero-order valence-corrected chi connectivity index (χ0v) is 21.2. The highest BCUT2D eigenvalue weighted by Crippen LogP contribution is 2.30. The Balaban J connectivity index is 2.92. The molecule has 1 aromatic rings. The van der Waals surface area contributed by atoms with Gasteiger partial charge in [0.1, 0.15) is 12.6 Å². The van der Waals surface area contributed by atoms with Gasteiger partial charge in [-0.15, -0.1) is 0 Å². The molecule has 0 aliphatic heterocycles. The number of hydrogen-bond acceptors (Lipinski definition) is 12. The van der Waals surface area contributed by atoms with Crippen molar-refractivity contribution in [2.45, 2.75) is 52.5 Å². The summed E-state index contributed by atoms with van der Waals surface area (Å²) in [5, 5.41) is 2.94. The van der Waals surface area contributed by atoms with E-state index in [1.807, 2.05) is 20.8 Å². The van der Waals surface area contributed by atoms with Crippen molar-refractivity contribution >= 4 is 24.4 Å². The molecule has 0 saturated heterocycles. The molecule has 0 aliphatic carbocycles. The van der Waals surface area contributed by atoms with Crippen molar-refractivity contribution in [3.05, 3.63) is 23.8 Å². The minimum absolute atomic E-state index is 0.0275. The van der Waals surface area contributed by atoms with Crippen LogP contribution in [0.4, 0.5) is 14.4 Å². The first-order chi connectivity index (χ1) is 17.3. The first-order valence-corrected chi connectivity index (χ1v) is 11.8. The zero-order valence-electron chi connectivity index (χ0n) is 21.2. The summed E-state index contributed by atoms with van der Waals surface area (Å²) in [5.41, 5.74) is 0.550. The molecule has 12 nitrogen and oxygen atoms in total. The van der Waals surface area contributed by atoms with Crippen LogP contribution in [0.5, 0.6) is 11.5 Å². The number of rotatable bonds is 15. The van der Waals surface area contributed by atoms with Crippen molar-refractivity contribution in [3.8, 4) is 11.5 Å². The third-order valence-corrected chi connectivity index (χ3v) is 4.31. The molecule has 36 heavy (non-hydrogen) atoms. The average Bonchev–Trinajstić information content (AvgIpc) is 2.87. The van der Waals surface area contributed by atoms with Gasteiger partial charge in [0.2, 0.25) is 0 Å². The molecule has 0 spiro atoms. The molecule has 202 valence electrons. The van der Waals surface area contributed by atoms with Gasteiger partial charge < -0.3 is 38.5 Å². The van der Waals surface area contributed by atoms with Gasteiger partial charge in [0, 0.05) is 6.54 Å². The topological polar surface area (TPSA) is 145 Å². The van der Waals surface area contributed by atoms with Crippen molar-refractivity contribution in [2.75, 3.05) is 40.1 Å². The highest BCUT2D eigenvalue weighted by molar-refractivity contribution is 5.76. The van der Waals surface area contributed by atoms with Crippen LogP contribution in [-0.4, -0.2) is 70.6 Å². The van der Waals surface area contributed by atoms with Gasteiger partial charge in [-0.3, -0.25) is 4.79 Å². The molecule has 12 heteroatoms. The Morgan fingerprint density at radius 1 is 0.750 bits per heavy atom. The maximum absolute atomic E-state index is 12.3. The lowest BCUT2D eigenvalue weighted by Crippen LogP contribution is -2.41. The second kappa shape index (κ2) is 17.8. The minimum Gasteiger partial charge on any atom is -0.468 e. The molecule has 1 aromatic carbocycles. The van der Waals surface area contributed by atoms with Crippen LogP contribution < -0.4 is 14.8 Å². The van der Waals surface area contributed by atoms with Crippen LogP contribution in [0.25, 0.3) is 0 Å². The summed E-state index contributed by atoms with van der Waals surface area (Å²) in [5.74, 6) is -0.709. The Morgan fingerprint density at radius 3 is 1.83 bits per heavy atom. The highest BCUT2D eigenvalue weighted by atomic mass is 16.7. The van der Waals surface area contributed by atoms with E-state index >= 15 is 0 Å². The Morgan fingerprint density at radius 2 is 1.28 bits per heavy atom. The van der Waals surface area contributed by atoms with E-state index in [0.717, 1.165) is 0 Å². The van der Waals surface area contributed by atoms with Crippen LogP contribution in [0.2, 0.25) is 0 Å². The SMILES string of the molecule is CCCOC(=O)OCCN[C@@H](Cc1ccc(OC(=O)OCCC)c(OC(=O)OCCC)c1)C(=O)OC. The molecule has 0 fully saturated rings. The summed E-state index contributed by atoms with van der Waals surface area (Å²) in [6.07, 6.45) is -0.740. The summed E-state index contributed by atoms with van der Waals surface area (Å²) in [4.78, 5) is 47.6. The van der Waals surface area contributed by atoms with Crippen LogP contribution in [-0.2, 0) is 34.9 Å². The molecule has 0 unspecified atom stereocenters. The van der Waals surface area contributed by atoms with Crippen LogP contribution in [0.1, 0.15) is 45.6 Å². The van der Waals surface area contributed by atoms with Gasteiger partial charge in [0.15, 0.2) is 11.5 Å². The second-order valence-electron chi connectivity index (χ2n) is 7.36. The summed E-state index contributed by atoms with van der Waals surface area (Å²) < 4.78 is 34.8. The lowest BCUT2D eigenvalue weighted by molar-refractivity contribution is -0.143. The number of esters is 1. The minimum atomic E-state index is -0.976. The van der Waals surface area contributed by atoms with Crippen LogP contribution in [0.3, 0.4) is 0 Å². The molecule has 0 radical (unpaired) electrons. The van der Waals surface area contributed by atoms with E-state index in [9.17, 15) is 19.2 Å². The third kappa shape index (κ3) is 12.2. The van der Waals surface area contributed by atoms with Crippen molar-refractivity contribution in [3.63, 3.8) is 0 Å². The molecule has 0 bridgehead atoms. The monoisotopic (exact) mass is 513 g/mol. The van der Waals surface area contributed by atoms with Gasteiger partial charge in [0.05, 0.1) is 26.9 Å². The van der Waals surface area contributed by atoms with E-state index < -0.39 is 30.5 Å². The first kappa shape index (κ1) is 30.5. The third-order valence-electron chi connectivity index (χ3n) is 4.31. The van der Waals surface area contributed by atoms with Gasteiger partial charge in [0.25, 0.3) is 0 Å². The summed E-state index contributed by atoms with van der Waals surface area (Å²) in [6, 6.07) is 3.62. The molecule has 0 aliphatic rings. The van der Waals surface area contributed by atoms with Gasteiger partial charge in [-0.1, -0.05) is 26.8 Å². The maximum Gasteiger partial charge on any atom is 0.513 e. The molecule has 0 aromatic heterocycles. The zero-order chi connectivity index (χ0) is 26.8. The molecule has 0 saturated carbocycles. The van der Waals surface area contributed by atoms with Crippen LogP contribution in [0, 0.1) is 0 Å². The van der Waals surface area contributed by atoms with Crippen molar-refractivity contribution < 1.29 is 52.3 Å². The summed E-state index contributed by atoms with van der Waals surface area (Å²) >= 11 is 0. The van der Waals surface area contributed by atoms with E-state index in [2.05, 4.69) is 5.32 Å². The molecule has 0 amide bonds. The highest BCUT2D eigenvalue weighted by Gasteiger charge is 2.22. The average molecular weight is 514 g/mol.